The lowest BCUT2D eigenvalue weighted by molar-refractivity contribution is -0.142. The molecule has 0 aliphatic heterocycles. The number of guanidine groups is 1. The number of amides is 2. The summed E-state index contributed by atoms with van der Waals surface area (Å²) in [6.07, 6.45) is 3.11. The number of aromatic amines is 1. The zero-order chi connectivity index (χ0) is 25.3. The number of nitrogens with zero attached hydrogens (tertiary/aromatic N) is 1. The number of carbonyl (C=O) groups excluding carboxylic acids is 2. The number of nitrogens with one attached hydrogen (secondary N) is 3. The van der Waals surface area contributed by atoms with E-state index in [0.717, 1.165) is 16.5 Å². The Kier molecular flexibility index (Phi) is 9.87. The van der Waals surface area contributed by atoms with Crippen LogP contribution in [0.15, 0.2) is 35.5 Å². The monoisotopic (exact) mass is 473 g/mol. The van der Waals surface area contributed by atoms with Crippen molar-refractivity contribution >= 4 is 34.6 Å². The Morgan fingerprint density at radius 2 is 1.79 bits per heavy atom. The number of rotatable bonds is 13. The number of carbonyl (C=O) groups is 3. The second-order valence-corrected chi connectivity index (χ2v) is 8.38. The van der Waals surface area contributed by atoms with Crippen molar-refractivity contribution in [1.29, 1.82) is 0 Å². The standard InChI is InChI=1S/C23H35N7O4/c1-3-13(2)19(24)21(32)30-18(11-14-12-28-16-8-5-4-7-15(14)16)20(31)29-17(22(33)34)9-6-10-27-23(25)26/h4-5,7-8,12-13,17-19,28H,3,6,9-11,24H2,1-2H3,(H,29,31)(H,30,32)(H,33,34)(H4,25,26,27)/t13-,17-,18-,19-/m0/s1. The fraction of sp³-hybridized carbons (Fsp3) is 0.478. The molecule has 0 aliphatic rings. The summed E-state index contributed by atoms with van der Waals surface area (Å²) in [5.41, 5.74) is 18.3. The van der Waals surface area contributed by atoms with Gasteiger partial charge in [0.15, 0.2) is 5.96 Å². The molecular formula is C23H35N7O4. The Hall–Kier alpha value is -3.60. The van der Waals surface area contributed by atoms with Crippen LogP contribution in [0.25, 0.3) is 10.9 Å². The maximum Gasteiger partial charge on any atom is 0.326 e. The first-order valence-corrected chi connectivity index (χ1v) is 11.3. The molecule has 0 unspecified atom stereocenters. The molecule has 4 atom stereocenters. The van der Waals surface area contributed by atoms with Crippen molar-refractivity contribution in [3.8, 4) is 0 Å². The lowest BCUT2D eigenvalue weighted by atomic mass is 9.98. The number of carboxylic acid groups (broad SMARTS) is 1. The highest BCUT2D eigenvalue weighted by atomic mass is 16.4. The van der Waals surface area contributed by atoms with Gasteiger partial charge in [0, 0.05) is 30.1 Å². The second kappa shape index (κ2) is 12.6. The smallest absolute Gasteiger partial charge is 0.326 e. The van der Waals surface area contributed by atoms with Gasteiger partial charge < -0.3 is 37.9 Å². The summed E-state index contributed by atoms with van der Waals surface area (Å²) < 4.78 is 0. The van der Waals surface area contributed by atoms with Crippen LogP contribution < -0.4 is 27.8 Å². The van der Waals surface area contributed by atoms with E-state index in [2.05, 4.69) is 20.6 Å². The number of carboxylic acids is 1. The first kappa shape index (κ1) is 26.7. The van der Waals surface area contributed by atoms with E-state index < -0.39 is 35.9 Å². The summed E-state index contributed by atoms with van der Waals surface area (Å²) in [6, 6.07) is 4.62. The molecule has 2 amide bonds. The van der Waals surface area contributed by atoms with Gasteiger partial charge in [-0.1, -0.05) is 38.5 Å². The zero-order valence-electron chi connectivity index (χ0n) is 19.6. The molecule has 2 aromatic rings. The zero-order valence-corrected chi connectivity index (χ0v) is 19.6. The van der Waals surface area contributed by atoms with Crippen LogP contribution in [0.3, 0.4) is 0 Å². The topological polar surface area (TPSA) is 202 Å². The molecular weight excluding hydrogens is 438 g/mol. The maximum atomic E-state index is 13.2. The third-order valence-electron chi connectivity index (χ3n) is 5.85. The van der Waals surface area contributed by atoms with Crippen LogP contribution in [0.1, 0.15) is 38.7 Å². The number of para-hydroxylation sites is 1. The second-order valence-electron chi connectivity index (χ2n) is 8.38. The first-order valence-electron chi connectivity index (χ1n) is 11.3. The quantitative estimate of drug-likeness (QED) is 0.122. The Morgan fingerprint density at radius 3 is 2.44 bits per heavy atom. The molecule has 11 nitrogen and oxygen atoms in total. The Bertz CT molecular complexity index is 1020. The van der Waals surface area contributed by atoms with Gasteiger partial charge in [0.2, 0.25) is 11.8 Å². The summed E-state index contributed by atoms with van der Waals surface area (Å²) in [6.45, 7) is 4.02. The van der Waals surface area contributed by atoms with Crippen molar-refractivity contribution in [2.24, 2.45) is 28.1 Å². The van der Waals surface area contributed by atoms with E-state index >= 15 is 0 Å². The predicted octanol–water partition coefficient (Wildman–Crippen LogP) is 0.192. The molecule has 1 aromatic carbocycles. The van der Waals surface area contributed by atoms with Gasteiger partial charge in [-0.25, -0.2) is 4.79 Å². The number of H-pyrrole nitrogens is 1. The summed E-state index contributed by atoms with van der Waals surface area (Å²) in [4.78, 5) is 44.6. The molecule has 0 saturated carbocycles. The average molecular weight is 474 g/mol. The number of benzene rings is 1. The molecule has 11 heteroatoms. The highest BCUT2D eigenvalue weighted by Gasteiger charge is 2.29. The highest BCUT2D eigenvalue weighted by molar-refractivity contribution is 5.93. The third-order valence-corrected chi connectivity index (χ3v) is 5.85. The van der Waals surface area contributed by atoms with Crippen LogP contribution in [-0.4, -0.2) is 58.5 Å². The Labute approximate surface area is 198 Å². The van der Waals surface area contributed by atoms with Crippen LogP contribution in [0.2, 0.25) is 0 Å². The summed E-state index contributed by atoms with van der Waals surface area (Å²) in [7, 11) is 0. The van der Waals surface area contributed by atoms with Crippen LogP contribution in [-0.2, 0) is 20.8 Å². The van der Waals surface area contributed by atoms with E-state index in [1.807, 2.05) is 38.1 Å². The third kappa shape index (κ3) is 7.48. The number of hydrogen-bond acceptors (Lipinski definition) is 5. The number of hydrogen-bond donors (Lipinski definition) is 7. The van der Waals surface area contributed by atoms with Crippen molar-refractivity contribution in [2.75, 3.05) is 6.54 Å². The molecule has 0 spiro atoms. The van der Waals surface area contributed by atoms with E-state index in [4.69, 9.17) is 17.2 Å². The SMILES string of the molecule is CC[C@H](C)[C@H](N)C(=O)N[C@@H](Cc1c[nH]c2ccccc12)C(=O)N[C@@H](CCCN=C(N)N)C(=O)O. The number of aliphatic imine (C=N–C) groups is 1. The highest BCUT2D eigenvalue weighted by Crippen LogP contribution is 2.19. The van der Waals surface area contributed by atoms with Crippen molar-refractivity contribution in [3.63, 3.8) is 0 Å². The summed E-state index contributed by atoms with van der Waals surface area (Å²) in [5.74, 6) is -2.43. The minimum Gasteiger partial charge on any atom is -0.480 e. The van der Waals surface area contributed by atoms with Gasteiger partial charge in [0.25, 0.3) is 0 Å². The van der Waals surface area contributed by atoms with Crippen molar-refractivity contribution in [3.05, 3.63) is 36.0 Å². The van der Waals surface area contributed by atoms with E-state index in [-0.39, 0.29) is 31.3 Å². The lowest BCUT2D eigenvalue weighted by Gasteiger charge is -2.24. The molecule has 0 aliphatic carbocycles. The van der Waals surface area contributed by atoms with Gasteiger partial charge in [-0.3, -0.25) is 14.6 Å². The molecule has 10 N–H and O–H groups in total. The van der Waals surface area contributed by atoms with Gasteiger partial charge in [-0.2, -0.15) is 0 Å². The van der Waals surface area contributed by atoms with Gasteiger partial charge in [0.05, 0.1) is 6.04 Å². The molecule has 0 bridgehead atoms. The molecule has 0 radical (unpaired) electrons. The number of aromatic nitrogens is 1. The largest absolute Gasteiger partial charge is 0.480 e. The minimum absolute atomic E-state index is 0.0842. The number of aliphatic carboxylic acids is 1. The average Bonchev–Trinajstić information content (AvgIpc) is 3.21. The number of nitrogens with two attached hydrogens (primary N) is 3. The maximum absolute atomic E-state index is 13.2. The Morgan fingerprint density at radius 1 is 1.12 bits per heavy atom. The normalized spacial score (nSPS) is 14.6. The van der Waals surface area contributed by atoms with Gasteiger partial charge in [0.1, 0.15) is 12.1 Å². The molecule has 1 heterocycles. The van der Waals surface area contributed by atoms with E-state index in [1.165, 1.54) is 0 Å². The fourth-order valence-electron chi connectivity index (χ4n) is 3.54. The van der Waals surface area contributed by atoms with Crippen LogP contribution in [0.5, 0.6) is 0 Å². The molecule has 34 heavy (non-hydrogen) atoms. The van der Waals surface area contributed by atoms with Crippen molar-refractivity contribution in [2.45, 2.75) is 57.7 Å². The van der Waals surface area contributed by atoms with Crippen LogP contribution in [0, 0.1) is 5.92 Å². The van der Waals surface area contributed by atoms with Gasteiger partial charge in [-0.15, -0.1) is 0 Å². The Balaban J connectivity index is 2.20. The lowest BCUT2D eigenvalue weighted by Crippen LogP contribution is -2.56. The fourth-order valence-corrected chi connectivity index (χ4v) is 3.54. The van der Waals surface area contributed by atoms with Gasteiger partial charge in [-0.05, 0) is 30.4 Å². The minimum atomic E-state index is -1.19. The summed E-state index contributed by atoms with van der Waals surface area (Å²) in [5, 5.41) is 15.7. The van der Waals surface area contributed by atoms with Crippen LogP contribution in [0.4, 0.5) is 0 Å². The van der Waals surface area contributed by atoms with E-state index in [0.29, 0.717) is 12.8 Å². The van der Waals surface area contributed by atoms with E-state index in [9.17, 15) is 19.5 Å². The van der Waals surface area contributed by atoms with Crippen LogP contribution >= 0.6 is 0 Å². The molecule has 1 aromatic heterocycles. The predicted molar refractivity (Wildman–Crippen MR) is 131 cm³/mol. The van der Waals surface area contributed by atoms with E-state index in [1.54, 1.807) is 6.20 Å². The van der Waals surface area contributed by atoms with Gasteiger partial charge >= 0.3 is 5.97 Å². The molecule has 2 rings (SSSR count). The van der Waals surface area contributed by atoms with Crippen molar-refractivity contribution < 1.29 is 19.5 Å². The van der Waals surface area contributed by atoms with Crippen molar-refractivity contribution in [1.82, 2.24) is 15.6 Å². The molecule has 186 valence electrons. The first-order chi connectivity index (χ1) is 16.1. The molecule has 0 saturated heterocycles. The number of fused-ring (bicyclic) bond motifs is 1. The summed E-state index contributed by atoms with van der Waals surface area (Å²) >= 11 is 0. The molecule has 0 fully saturated rings.